The van der Waals surface area contributed by atoms with Gasteiger partial charge in [-0.1, -0.05) is 38.8 Å². The number of nitrogens with one attached hydrogen (secondary N) is 2. The Hall–Kier alpha value is -2.04. The van der Waals surface area contributed by atoms with Crippen LogP contribution in [0.25, 0.3) is 11.0 Å². The second-order valence-corrected chi connectivity index (χ2v) is 6.59. The summed E-state index contributed by atoms with van der Waals surface area (Å²) in [6.07, 6.45) is 4.37. The molecule has 0 bridgehead atoms. The van der Waals surface area contributed by atoms with Gasteiger partial charge in [0.05, 0.1) is 11.0 Å². The Balaban J connectivity index is 1.73. The van der Waals surface area contributed by atoms with Gasteiger partial charge >= 0.3 is 0 Å². The van der Waals surface area contributed by atoms with Gasteiger partial charge in [0, 0.05) is 19.0 Å². The normalized spacial score (nSPS) is 13.7. The van der Waals surface area contributed by atoms with Crippen molar-refractivity contribution in [2.75, 3.05) is 6.54 Å². The van der Waals surface area contributed by atoms with Crippen LogP contribution in [-0.4, -0.2) is 28.5 Å². The van der Waals surface area contributed by atoms with Crippen molar-refractivity contribution in [2.24, 2.45) is 16.6 Å². The van der Waals surface area contributed by atoms with Crippen LogP contribution in [0.15, 0.2) is 29.3 Å². The van der Waals surface area contributed by atoms with E-state index < -0.39 is 0 Å². The zero-order valence-electron chi connectivity index (χ0n) is 14.5. The topological polar surface area (TPSA) is 79.1 Å². The maximum atomic E-state index is 5.95. The van der Waals surface area contributed by atoms with Crippen LogP contribution in [-0.2, 0) is 6.42 Å². The number of fused-ring (bicyclic) bond motifs is 1. The average molecular weight is 315 g/mol. The molecule has 1 aromatic carbocycles. The molecule has 0 aliphatic rings. The quantitative estimate of drug-likeness (QED) is 0.517. The Labute approximate surface area is 138 Å². The Morgan fingerprint density at radius 1 is 1.26 bits per heavy atom. The number of imidazole rings is 1. The van der Waals surface area contributed by atoms with Gasteiger partial charge in [0.15, 0.2) is 5.96 Å². The molecule has 2 aromatic rings. The molecular weight excluding hydrogens is 286 g/mol. The van der Waals surface area contributed by atoms with Crippen LogP contribution in [0.3, 0.4) is 0 Å². The zero-order chi connectivity index (χ0) is 16.7. The molecule has 1 aromatic heterocycles. The highest BCUT2D eigenvalue weighted by Gasteiger charge is 2.04. The minimum Gasteiger partial charge on any atom is -0.370 e. The highest BCUT2D eigenvalue weighted by molar-refractivity contribution is 5.78. The van der Waals surface area contributed by atoms with E-state index >= 15 is 0 Å². The monoisotopic (exact) mass is 315 g/mol. The molecule has 2 rings (SSSR count). The first-order valence-electron chi connectivity index (χ1n) is 8.54. The molecule has 0 radical (unpaired) electrons. The first kappa shape index (κ1) is 17.3. The molecule has 1 unspecified atom stereocenters. The Bertz CT molecular complexity index is 596. The number of guanidine groups is 1. The van der Waals surface area contributed by atoms with Gasteiger partial charge in [-0.25, -0.2) is 4.98 Å². The summed E-state index contributed by atoms with van der Waals surface area (Å²) >= 11 is 0. The van der Waals surface area contributed by atoms with Gasteiger partial charge in [0.1, 0.15) is 5.82 Å². The molecule has 0 aliphatic carbocycles. The van der Waals surface area contributed by atoms with Crippen molar-refractivity contribution in [1.82, 2.24) is 15.3 Å². The number of aromatic nitrogens is 2. The largest absolute Gasteiger partial charge is 0.370 e. The molecule has 1 atom stereocenters. The van der Waals surface area contributed by atoms with Gasteiger partial charge in [0.25, 0.3) is 0 Å². The third-order valence-electron chi connectivity index (χ3n) is 3.88. The maximum absolute atomic E-state index is 5.95. The highest BCUT2D eigenvalue weighted by atomic mass is 15.1. The number of nitrogens with two attached hydrogens (primary N) is 1. The summed E-state index contributed by atoms with van der Waals surface area (Å²) in [4.78, 5) is 12.2. The number of hydrogen-bond acceptors (Lipinski definition) is 2. The van der Waals surface area contributed by atoms with Crippen LogP contribution in [0.2, 0.25) is 0 Å². The molecule has 1 heterocycles. The molecule has 0 saturated carbocycles. The maximum Gasteiger partial charge on any atom is 0.188 e. The van der Waals surface area contributed by atoms with E-state index in [0.29, 0.717) is 18.5 Å². The van der Waals surface area contributed by atoms with E-state index in [1.807, 2.05) is 24.3 Å². The van der Waals surface area contributed by atoms with Gasteiger partial charge in [0.2, 0.25) is 0 Å². The van der Waals surface area contributed by atoms with Crippen molar-refractivity contribution >= 4 is 17.0 Å². The van der Waals surface area contributed by atoms with Crippen molar-refractivity contribution in [3.63, 3.8) is 0 Å². The third kappa shape index (κ3) is 5.93. The van der Waals surface area contributed by atoms with Crippen LogP contribution in [0, 0.1) is 5.92 Å². The lowest BCUT2D eigenvalue weighted by molar-refractivity contribution is 0.493. The molecule has 23 heavy (non-hydrogen) atoms. The smallest absolute Gasteiger partial charge is 0.188 e. The molecule has 126 valence electrons. The number of aliphatic imine (C=N–C) groups is 1. The SMILES string of the molecule is CC(C)CCCC(C)NC(N)=NCCc1nc2ccccc2[nH]1. The molecule has 0 fully saturated rings. The standard InChI is InChI=1S/C18H29N5/c1-13(2)7-6-8-14(3)21-18(19)20-12-11-17-22-15-9-4-5-10-16(15)23-17/h4-5,9-10,13-14H,6-8,11-12H2,1-3H3,(H,22,23)(H3,19,20,21). The van der Waals surface area contributed by atoms with E-state index in [1.54, 1.807) is 0 Å². The highest BCUT2D eigenvalue weighted by Crippen LogP contribution is 2.10. The summed E-state index contributed by atoms with van der Waals surface area (Å²) in [6.45, 7) is 7.30. The molecule has 0 amide bonds. The first-order valence-corrected chi connectivity index (χ1v) is 8.54. The van der Waals surface area contributed by atoms with Gasteiger partial charge in [-0.3, -0.25) is 4.99 Å². The first-order chi connectivity index (χ1) is 11.0. The number of benzene rings is 1. The summed E-state index contributed by atoms with van der Waals surface area (Å²) in [5, 5.41) is 3.26. The van der Waals surface area contributed by atoms with Crippen LogP contribution in [0.5, 0.6) is 0 Å². The molecule has 4 N–H and O–H groups in total. The molecular formula is C18H29N5. The average Bonchev–Trinajstić information content (AvgIpc) is 2.89. The van der Waals surface area contributed by atoms with E-state index in [-0.39, 0.29) is 0 Å². The fourth-order valence-corrected chi connectivity index (χ4v) is 2.61. The van der Waals surface area contributed by atoms with E-state index in [2.05, 4.69) is 41.0 Å². The van der Waals surface area contributed by atoms with E-state index in [0.717, 1.165) is 35.6 Å². The number of nitrogens with zero attached hydrogens (tertiary/aromatic N) is 2. The van der Waals surface area contributed by atoms with Crippen molar-refractivity contribution in [3.05, 3.63) is 30.1 Å². The van der Waals surface area contributed by atoms with Crippen LogP contribution in [0.1, 0.15) is 45.9 Å². The van der Waals surface area contributed by atoms with Gasteiger partial charge < -0.3 is 16.0 Å². The van der Waals surface area contributed by atoms with Gasteiger partial charge in [-0.05, 0) is 31.4 Å². The predicted molar refractivity (Wildman–Crippen MR) is 97.6 cm³/mol. The predicted octanol–water partition coefficient (Wildman–Crippen LogP) is 3.22. The molecule has 5 nitrogen and oxygen atoms in total. The summed E-state index contributed by atoms with van der Waals surface area (Å²) in [5.74, 6) is 2.24. The number of aromatic amines is 1. The molecule has 0 aliphatic heterocycles. The summed E-state index contributed by atoms with van der Waals surface area (Å²) in [7, 11) is 0. The van der Waals surface area contributed by atoms with Crippen molar-refractivity contribution in [2.45, 2.75) is 52.5 Å². The lowest BCUT2D eigenvalue weighted by Gasteiger charge is -2.14. The molecule has 0 saturated heterocycles. The van der Waals surface area contributed by atoms with Crippen LogP contribution >= 0.6 is 0 Å². The Morgan fingerprint density at radius 2 is 2.04 bits per heavy atom. The summed E-state index contributed by atoms with van der Waals surface area (Å²) < 4.78 is 0. The Morgan fingerprint density at radius 3 is 2.78 bits per heavy atom. The van der Waals surface area contributed by atoms with Crippen molar-refractivity contribution in [3.8, 4) is 0 Å². The van der Waals surface area contributed by atoms with E-state index in [1.165, 1.54) is 12.8 Å². The number of H-pyrrole nitrogens is 1. The van der Waals surface area contributed by atoms with Crippen LogP contribution < -0.4 is 11.1 Å². The van der Waals surface area contributed by atoms with E-state index in [4.69, 9.17) is 5.73 Å². The lowest BCUT2D eigenvalue weighted by atomic mass is 10.0. The summed E-state index contributed by atoms with van der Waals surface area (Å²) in [5.41, 5.74) is 8.02. The number of para-hydroxylation sites is 2. The van der Waals surface area contributed by atoms with Crippen LogP contribution in [0.4, 0.5) is 0 Å². The fraction of sp³-hybridized carbons (Fsp3) is 0.556. The van der Waals surface area contributed by atoms with Gasteiger partial charge in [-0.15, -0.1) is 0 Å². The Kier molecular flexibility index (Phi) is 6.44. The van der Waals surface area contributed by atoms with E-state index in [9.17, 15) is 0 Å². The minimum absolute atomic E-state index is 0.365. The number of rotatable bonds is 8. The lowest BCUT2D eigenvalue weighted by Crippen LogP contribution is -2.38. The van der Waals surface area contributed by atoms with Crippen molar-refractivity contribution < 1.29 is 0 Å². The summed E-state index contributed by atoms with van der Waals surface area (Å²) in [6, 6.07) is 8.40. The molecule has 5 heteroatoms. The fourth-order valence-electron chi connectivity index (χ4n) is 2.61. The third-order valence-corrected chi connectivity index (χ3v) is 3.88. The zero-order valence-corrected chi connectivity index (χ0v) is 14.5. The second-order valence-electron chi connectivity index (χ2n) is 6.59. The molecule has 0 spiro atoms. The van der Waals surface area contributed by atoms with Gasteiger partial charge in [-0.2, -0.15) is 0 Å². The number of hydrogen-bond donors (Lipinski definition) is 3. The van der Waals surface area contributed by atoms with Crippen molar-refractivity contribution in [1.29, 1.82) is 0 Å². The minimum atomic E-state index is 0.365. The second kappa shape index (κ2) is 8.56.